The van der Waals surface area contributed by atoms with Gasteiger partial charge in [-0.1, -0.05) is 84.9 Å². The first kappa shape index (κ1) is 27.7. The summed E-state index contributed by atoms with van der Waals surface area (Å²) >= 11 is 0. The van der Waals surface area contributed by atoms with Crippen molar-refractivity contribution < 1.29 is 4.79 Å². The number of carbonyl (C=O) groups is 1. The molecule has 0 saturated heterocycles. The van der Waals surface area contributed by atoms with Crippen LogP contribution >= 0.6 is 0 Å². The average Bonchev–Trinajstić information content (AvgIpc) is 2.73. The van der Waals surface area contributed by atoms with Crippen LogP contribution in [0.4, 0.5) is 5.69 Å². The number of Topliss-reactive ketones (excluding diaryl/α,β-unsaturated/α-hetero) is 1. The summed E-state index contributed by atoms with van der Waals surface area (Å²) in [6, 6.07) is 6.85. The lowest BCUT2D eigenvalue weighted by atomic mass is 9.77. The number of anilines is 1. The zero-order chi connectivity index (χ0) is 24.4. The topological polar surface area (TPSA) is 20.3 Å². The number of ketones is 1. The molecule has 1 atom stereocenters. The quantitative estimate of drug-likeness (QED) is 0.315. The van der Waals surface area contributed by atoms with E-state index in [9.17, 15) is 4.79 Å². The van der Waals surface area contributed by atoms with Crippen LogP contribution in [-0.2, 0) is 4.79 Å². The van der Waals surface area contributed by atoms with Crippen molar-refractivity contribution in [1.82, 2.24) is 0 Å². The van der Waals surface area contributed by atoms with Gasteiger partial charge in [0.25, 0.3) is 0 Å². The minimum Gasteiger partial charge on any atom is -0.371 e. The van der Waals surface area contributed by atoms with Crippen molar-refractivity contribution in [2.24, 2.45) is 23.2 Å². The fourth-order valence-electron chi connectivity index (χ4n) is 5.38. The first-order valence-electron chi connectivity index (χ1n) is 13.6. The predicted octanol–water partition coefficient (Wildman–Crippen LogP) is 8.86. The van der Waals surface area contributed by atoms with Gasteiger partial charge in [-0.05, 0) is 73.6 Å². The Kier molecular flexibility index (Phi) is 11.2. The van der Waals surface area contributed by atoms with Gasteiger partial charge in [0.05, 0.1) is 0 Å². The first-order chi connectivity index (χ1) is 15.6. The molecule has 186 valence electrons. The fourth-order valence-corrected chi connectivity index (χ4v) is 5.38. The second-order valence-electron chi connectivity index (χ2n) is 12.2. The van der Waals surface area contributed by atoms with Gasteiger partial charge < -0.3 is 4.90 Å². The number of nitrogens with zero attached hydrogens (tertiary/aromatic N) is 1. The second kappa shape index (κ2) is 13.4. The maximum absolute atomic E-state index is 13.3. The second-order valence-corrected chi connectivity index (χ2v) is 12.2. The predicted molar refractivity (Wildman–Crippen MR) is 146 cm³/mol. The number of hydrogen-bond donors (Lipinski definition) is 0. The summed E-state index contributed by atoms with van der Waals surface area (Å²) < 4.78 is 0. The van der Waals surface area contributed by atoms with Crippen LogP contribution in [0.1, 0.15) is 110 Å². The molecule has 0 N–H and O–H groups in total. The van der Waals surface area contributed by atoms with Gasteiger partial charge in [0.2, 0.25) is 0 Å². The Labute approximate surface area is 205 Å². The third-order valence-corrected chi connectivity index (χ3v) is 7.04. The van der Waals surface area contributed by atoms with Crippen LogP contribution in [0.25, 0.3) is 6.08 Å². The molecule has 1 aromatic rings. The standard InChI is InChI=1S/C31H51NO/c1-8-13-27-21-29(18-17-25(27)4)32(23-24(2)3)19-12-16-28(30(33)22-31(5,6)7)20-26-14-10-9-11-15-26/h8,13,17-18,21,24,26,28H,9-12,14-16,19-20,22-23H2,1-7H3/b13-8-. The smallest absolute Gasteiger partial charge is 0.136 e. The summed E-state index contributed by atoms with van der Waals surface area (Å²) in [5.74, 6) is 2.12. The van der Waals surface area contributed by atoms with Gasteiger partial charge in [-0.15, -0.1) is 0 Å². The molecule has 0 aromatic heterocycles. The number of rotatable bonds is 12. The van der Waals surface area contributed by atoms with E-state index in [1.165, 1.54) is 48.9 Å². The van der Waals surface area contributed by atoms with Crippen molar-refractivity contribution in [3.05, 3.63) is 35.4 Å². The molecule has 1 aliphatic rings. The summed E-state index contributed by atoms with van der Waals surface area (Å²) in [5.41, 5.74) is 4.02. The van der Waals surface area contributed by atoms with Crippen LogP contribution < -0.4 is 4.90 Å². The van der Waals surface area contributed by atoms with Gasteiger partial charge in [0.15, 0.2) is 0 Å². The Morgan fingerprint density at radius 1 is 1.15 bits per heavy atom. The van der Waals surface area contributed by atoms with Gasteiger partial charge in [0, 0.05) is 31.1 Å². The van der Waals surface area contributed by atoms with Crippen molar-refractivity contribution in [2.45, 2.75) is 106 Å². The Hall–Kier alpha value is -1.57. The van der Waals surface area contributed by atoms with Crippen LogP contribution in [0.2, 0.25) is 0 Å². The lowest BCUT2D eigenvalue weighted by molar-refractivity contribution is -0.125. The third kappa shape index (κ3) is 10.1. The number of carbonyl (C=O) groups excluding carboxylic acids is 1. The number of benzene rings is 1. The van der Waals surface area contributed by atoms with Crippen LogP contribution in [0, 0.1) is 30.1 Å². The molecule has 0 radical (unpaired) electrons. The Bertz CT molecular complexity index is 749. The molecule has 2 nitrogen and oxygen atoms in total. The molecule has 0 heterocycles. The molecule has 2 heteroatoms. The van der Waals surface area contributed by atoms with E-state index in [0.29, 0.717) is 18.1 Å². The normalized spacial score (nSPS) is 16.5. The molecule has 0 bridgehead atoms. The van der Waals surface area contributed by atoms with E-state index in [2.05, 4.69) is 83.7 Å². The Balaban J connectivity index is 2.09. The monoisotopic (exact) mass is 453 g/mol. The van der Waals surface area contributed by atoms with Gasteiger partial charge in [-0.2, -0.15) is 0 Å². The van der Waals surface area contributed by atoms with E-state index in [0.717, 1.165) is 38.3 Å². The van der Waals surface area contributed by atoms with Gasteiger partial charge in [-0.3, -0.25) is 4.79 Å². The van der Waals surface area contributed by atoms with E-state index >= 15 is 0 Å². The van der Waals surface area contributed by atoms with E-state index < -0.39 is 0 Å². The van der Waals surface area contributed by atoms with Gasteiger partial charge >= 0.3 is 0 Å². The Morgan fingerprint density at radius 3 is 2.45 bits per heavy atom. The summed E-state index contributed by atoms with van der Waals surface area (Å²) in [6.07, 6.45) is 15.0. The minimum atomic E-state index is 0.0800. The Morgan fingerprint density at radius 2 is 1.85 bits per heavy atom. The first-order valence-corrected chi connectivity index (χ1v) is 13.6. The number of aryl methyl sites for hydroxylation is 1. The highest BCUT2D eigenvalue weighted by Crippen LogP contribution is 2.33. The molecule has 1 aromatic carbocycles. The molecule has 1 aliphatic carbocycles. The van der Waals surface area contributed by atoms with Crippen molar-refractivity contribution in [1.29, 1.82) is 0 Å². The van der Waals surface area contributed by atoms with Crippen molar-refractivity contribution >= 4 is 17.5 Å². The lowest BCUT2D eigenvalue weighted by Gasteiger charge is -2.30. The summed E-state index contributed by atoms with van der Waals surface area (Å²) in [7, 11) is 0. The third-order valence-electron chi connectivity index (χ3n) is 7.04. The lowest BCUT2D eigenvalue weighted by Crippen LogP contribution is -2.30. The summed E-state index contributed by atoms with van der Waals surface area (Å²) in [5, 5.41) is 0. The summed E-state index contributed by atoms with van der Waals surface area (Å²) in [6.45, 7) is 17.6. The highest BCUT2D eigenvalue weighted by atomic mass is 16.1. The zero-order valence-corrected chi connectivity index (χ0v) is 22.8. The number of allylic oxidation sites excluding steroid dienone is 1. The van der Waals surface area contributed by atoms with Crippen LogP contribution in [0.5, 0.6) is 0 Å². The largest absolute Gasteiger partial charge is 0.371 e. The maximum Gasteiger partial charge on any atom is 0.136 e. The van der Waals surface area contributed by atoms with Crippen molar-refractivity contribution in [3.63, 3.8) is 0 Å². The molecular formula is C31H51NO. The van der Waals surface area contributed by atoms with E-state index in [1.807, 2.05) is 0 Å². The fraction of sp³-hybridized carbons (Fsp3) is 0.710. The molecule has 0 aliphatic heterocycles. The highest BCUT2D eigenvalue weighted by molar-refractivity contribution is 5.81. The van der Waals surface area contributed by atoms with Crippen LogP contribution in [0.3, 0.4) is 0 Å². The van der Waals surface area contributed by atoms with E-state index in [1.54, 1.807) is 0 Å². The molecule has 1 unspecified atom stereocenters. The summed E-state index contributed by atoms with van der Waals surface area (Å²) in [4.78, 5) is 15.8. The molecule has 1 saturated carbocycles. The zero-order valence-electron chi connectivity index (χ0n) is 22.8. The SMILES string of the molecule is C/C=C\c1cc(N(CCCC(CC2CCCCC2)C(=O)CC(C)(C)C)CC(C)C)ccc1C. The van der Waals surface area contributed by atoms with E-state index in [4.69, 9.17) is 0 Å². The minimum absolute atomic E-state index is 0.0800. The highest BCUT2D eigenvalue weighted by Gasteiger charge is 2.27. The molecule has 33 heavy (non-hydrogen) atoms. The van der Waals surface area contributed by atoms with Gasteiger partial charge in [0.1, 0.15) is 5.78 Å². The molecule has 0 amide bonds. The molecular weight excluding hydrogens is 402 g/mol. The van der Waals surface area contributed by atoms with Crippen LogP contribution in [0.15, 0.2) is 24.3 Å². The van der Waals surface area contributed by atoms with Crippen molar-refractivity contribution in [3.8, 4) is 0 Å². The molecule has 1 fully saturated rings. The molecule has 0 spiro atoms. The average molecular weight is 454 g/mol. The van der Waals surface area contributed by atoms with Crippen LogP contribution in [-0.4, -0.2) is 18.9 Å². The van der Waals surface area contributed by atoms with Crippen molar-refractivity contribution in [2.75, 3.05) is 18.0 Å². The molecule has 2 rings (SSSR count). The van der Waals surface area contributed by atoms with Gasteiger partial charge in [-0.25, -0.2) is 0 Å². The number of hydrogen-bond acceptors (Lipinski definition) is 2. The van der Waals surface area contributed by atoms with E-state index in [-0.39, 0.29) is 11.3 Å². The maximum atomic E-state index is 13.3.